The van der Waals surface area contributed by atoms with Crippen molar-refractivity contribution in [1.82, 2.24) is 4.90 Å². The molecule has 4 heteroatoms. The molecule has 2 aliphatic heterocycles. The van der Waals surface area contributed by atoms with Crippen molar-refractivity contribution in [3.8, 4) is 0 Å². The molecule has 0 saturated carbocycles. The fourth-order valence-electron chi connectivity index (χ4n) is 3.04. The van der Waals surface area contributed by atoms with Crippen LogP contribution < -0.4 is 0 Å². The van der Waals surface area contributed by atoms with Gasteiger partial charge in [0.1, 0.15) is 6.23 Å². The fraction of sp³-hybridized carbons (Fsp3) is 0.533. The molecule has 2 heterocycles. The molecule has 1 amide bonds. The van der Waals surface area contributed by atoms with Crippen molar-refractivity contribution >= 4 is 5.91 Å². The molecule has 2 atom stereocenters. The summed E-state index contributed by atoms with van der Waals surface area (Å²) in [5.41, 5.74) is 1.95. The Morgan fingerprint density at radius 2 is 2.26 bits per heavy atom. The molecule has 2 unspecified atom stereocenters. The molecule has 102 valence electrons. The van der Waals surface area contributed by atoms with E-state index >= 15 is 0 Å². The average Bonchev–Trinajstić information content (AvgIpc) is 2.96. The fourth-order valence-corrected chi connectivity index (χ4v) is 3.04. The van der Waals surface area contributed by atoms with Crippen LogP contribution in [-0.4, -0.2) is 43.9 Å². The normalized spacial score (nSPS) is 24.4. The van der Waals surface area contributed by atoms with Gasteiger partial charge in [-0.25, -0.2) is 0 Å². The third-order valence-corrected chi connectivity index (χ3v) is 4.05. The van der Waals surface area contributed by atoms with E-state index in [1.165, 1.54) is 0 Å². The first-order chi connectivity index (χ1) is 9.31. The Kier molecular flexibility index (Phi) is 3.53. The third kappa shape index (κ3) is 2.26. The number of carbonyl (C=O) groups excluding carboxylic acids is 1. The Balaban J connectivity index is 1.84. The summed E-state index contributed by atoms with van der Waals surface area (Å²) in [6.07, 6.45) is 1.70. The quantitative estimate of drug-likeness (QED) is 0.831. The first kappa shape index (κ1) is 12.6. The van der Waals surface area contributed by atoms with Gasteiger partial charge in [0.05, 0.1) is 6.61 Å². The van der Waals surface area contributed by atoms with Crippen molar-refractivity contribution in [2.45, 2.75) is 19.1 Å². The van der Waals surface area contributed by atoms with Crippen LogP contribution in [0.25, 0.3) is 0 Å². The predicted molar refractivity (Wildman–Crippen MR) is 70.9 cm³/mol. The van der Waals surface area contributed by atoms with Crippen LogP contribution in [0.3, 0.4) is 0 Å². The molecular formula is C15H19NO3. The van der Waals surface area contributed by atoms with Crippen LogP contribution in [0.1, 0.15) is 22.3 Å². The summed E-state index contributed by atoms with van der Waals surface area (Å²) in [6.45, 7) is 2.18. The maximum atomic E-state index is 12.6. The van der Waals surface area contributed by atoms with Crippen LogP contribution in [0.15, 0.2) is 24.3 Å². The van der Waals surface area contributed by atoms with Gasteiger partial charge in [0.2, 0.25) is 0 Å². The molecule has 0 bridgehead atoms. The number of hydrogen-bond donors (Lipinski definition) is 0. The van der Waals surface area contributed by atoms with E-state index in [4.69, 9.17) is 9.47 Å². The van der Waals surface area contributed by atoms with E-state index in [1.54, 1.807) is 7.11 Å². The standard InChI is InChI=1S/C15H19NO3/c1-18-15(12-7-9-19-10-12)16-8-6-11-4-2-3-5-13(11)14(16)17/h2-5,12,15H,6-10H2,1H3. The minimum atomic E-state index is -0.164. The molecule has 1 saturated heterocycles. The second kappa shape index (κ2) is 5.31. The topological polar surface area (TPSA) is 38.8 Å². The smallest absolute Gasteiger partial charge is 0.256 e. The lowest BCUT2D eigenvalue weighted by Crippen LogP contribution is -2.49. The Hall–Kier alpha value is -1.39. The van der Waals surface area contributed by atoms with E-state index in [2.05, 4.69) is 0 Å². The maximum Gasteiger partial charge on any atom is 0.256 e. The van der Waals surface area contributed by atoms with Crippen LogP contribution in [0.2, 0.25) is 0 Å². The summed E-state index contributed by atoms with van der Waals surface area (Å²) in [6, 6.07) is 7.84. The molecule has 19 heavy (non-hydrogen) atoms. The lowest BCUT2D eigenvalue weighted by atomic mass is 9.97. The highest BCUT2D eigenvalue weighted by Gasteiger charge is 2.36. The van der Waals surface area contributed by atoms with Gasteiger partial charge in [-0.1, -0.05) is 18.2 Å². The molecule has 0 radical (unpaired) electrons. The van der Waals surface area contributed by atoms with E-state index in [0.29, 0.717) is 12.5 Å². The lowest BCUT2D eigenvalue weighted by molar-refractivity contribution is -0.0572. The Labute approximate surface area is 113 Å². The molecule has 0 N–H and O–H groups in total. The summed E-state index contributed by atoms with van der Waals surface area (Å²) in [7, 11) is 1.68. The molecule has 0 spiro atoms. The molecule has 4 nitrogen and oxygen atoms in total. The number of methoxy groups -OCH3 is 1. The van der Waals surface area contributed by atoms with E-state index in [1.807, 2.05) is 29.2 Å². The van der Waals surface area contributed by atoms with E-state index in [-0.39, 0.29) is 12.1 Å². The van der Waals surface area contributed by atoms with Gasteiger partial charge in [-0.15, -0.1) is 0 Å². The van der Waals surface area contributed by atoms with Gasteiger partial charge in [0.15, 0.2) is 0 Å². The number of benzene rings is 1. The Morgan fingerprint density at radius 1 is 1.42 bits per heavy atom. The highest BCUT2D eigenvalue weighted by atomic mass is 16.5. The number of carbonyl (C=O) groups is 1. The lowest BCUT2D eigenvalue weighted by Gasteiger charge is -2.37. The van der Waals surface area contributed by atoms with Crippen LogP contribution in [0.4, 0.5) is 0 Å². The first-order valence-electron chi connectivity index (χ1n) is 6.80. The molecular weight excluding hydrogens is 242 g/mol. The third-order valence-electron chi connectivity index (χ3n) is 4.05. The first-order valence-corrected chi connectivity index (χ1v) is 6.80. The molecule has 1 aromatic carbocycles. The number of nitrogens with zero attached hydrogens (tertiary/aromatic N) is 1. The van der Waals surface area contributed by atoms with Gasteiger partial charge >= 0.3 is 0 Å². The zero-order chi connectivity index (χ0) is 13.2. The van der Waals surface area contributed by atoms with E-state index in [0.717, 1.165) is 37.1 Å². The Bertz CT molecular complexity index is 468. The SMILES string of the molecule is COC(C1CCOC1)N1CCc2ccccc2C1=O. The average molecular weight is 261 g/mol. The molecule has 1 fully saturated rings. The minimum absolute atomic E-state index is 0.0839. The van der Waals surface area contributed by atoms with Crippen LogP contribution in [-0.2, 0) is 15.9 Å². The number of rotatable bonds is 3. The summed E-state index contributed by atoms with van der Waals surface area (Å²) >= 11 is 0. The molecule has 3 rings (SSSR count). The van der Waals surface area contributed by atoms with E-state index < -0.39 is 0 Å². The molecule has 2 aliphatic rings. The summed E-state index contributed by atoms with van der Waals surface area (Å²) in [5, 5.41) is 0. The Morgan fingerprint density at radius 3 is 3.00 bits per heavy atom. The summed E-state index contributed by atoms with van der Waals surface area (Å²) in [5.74, 6) is 0.375. The molecule has 0 aliphatic carbocycles. The number of fused-ring (bicyclic) bond motifs is 1. The molecule has 1 aromatic rings. The number of amides is 1. The highest BCUT2D eigenvalue weighted by molar-refractivity contribution is 5.96. The largest absolute Gasteiger partial charge is 0.381 e. The van der Waals surface area contributed by atoms with Gasteiger partial charge in [0.25, 0.3) is 5.91 Å². The second-order valence-corrected chi connectivity index (χ2v) is 5.16. The van der Waals surface area contributed by atoms with Crippen LogP contribution in [0, 0.1) is 5.92 Å². The van der Waals surface area contributed by atoms with Crippen molar-refractivity contribution in [3.63, 3.8) is 0 Å². The molecule has 0 aromatic heterocycles. The number of ether oxygens (including phenoxy) is 2. The van der Waals surface area contributed by atoms with Gasteiger partial charge in [-0.05, 0) is 24.5 Å². The number of hydrogen-bond acceptors (Lipinski definition) is 3. The van der Waals surface area contributed by atoms with E-state index in [9.17, 15) is 4.79 Å². The van der Waals surface area contributed by atoms with Crippen molar-refractivity contribution < 1.29 is 14.3 Å². The summed E-state index contributed by atoms with van der Waals surface area (Å²) < 4.78 is 11.0. The van der Waals surface area contributed by atoms with Gasteiger partial charge in [-0.2, -0.15) is 0 Å². The van der Waals surface area contributed by atoms with Gasteiger partial charge in [-0.3, -0.25) is 4.79 Å². The van der Waals surface area contributed by atoms with Crippen molar-refractivity contribution in [2.75, 3.05) is 26.9 Å². The van der Waals surface area contributed by atoms with Crippen LogP contribution >= 0.6 is 0 Å². The van der Waals surface area contributed by atoms with Crippen molar-refractivity contribution in [3.05, 3.63) is 35.4 Å². The van der Waals surface area contributed by atoms with Gasteiger partial charge < -0.3 is 14.4 Å². The summed E-state index contributed by atoms with van der Waals surface area (Å²) in [4.78, 5) is 14.4. The second-order valence-electron chi connectivity index (χ2n) is 5.16. The minimum Gasteiger partial charge on any atom is -0.381 e. The zero-order valence-electron chi connectivity index (χ0n) is 11.2. The highest BCUT2D eigenvalue weighted by Crippen LogP contribution is 2.27. The zero-order valence-corrected chi connectivity index (χ0v) is 11.2. The van der Waals surface area contributed by atoms with Crippen molar-refractivity contribution in [2.24, 2.45) is 5.92 Å². The van der Waals surface area contributed by atoms with Crippen LogP contribution in [0.5, 0.6) is 0 Å². The maximum absolute atomic E-state index is 12.6. The predicted octanol–water partition coefficient (Wildman–Crippen LogP) is 1.69. The monoisotopic (exact) mass is 261 g/mol. The van der Waals surface area contributed by atoms with Gasteiger partial charge in [0, 0.05) is 31.7 Å². The van der Waals surface area contributed by atoms with Crippen molar-refractivity contribution in [1.29, 1.82) is 0 Å².